The monoisotopic (exact) mass is 267 g/mol. The lowest BCUT2D eigenvalue weighted by molar-refractivity contribution is -0.122. The molecule has 0 aliphatic carbocycles. The number of hydrogen-bond acceptors (Lipinski definition) is 4. The zero-order valence-corrected chi connectivity index (χ0v) is 11.6. The lowest BCUT2D eigenvalue weighted by Crippen LogP contribution is -2.38. The van der Waals surface area contributed by atoms with Crippen LogP contribution in [0.2, 0.25) is 0 Å². The standard InChI is InChI=1S/C12H21N5O2/c1-10(18)13-4-5-14-12(19)9-16(2)7-11-6-15-17(3)8-11/h6,8H,4-5,7,9H2,1-3H3,(H,13,18)(H,14,19). The van der Waals surface area contributed by atoms with Crippen LogP contribution in [0.5, 0.6) is 0 Å². The summed E-state index contributed by atoms with van der Waals surface area (Å²) in [7, 11) is 3.73. The van der Waals surface area contributed by atoms with E-state index >= 15 is 0 Å². The molecule has 0 bridgehead atoms. The number of nitrogens with zero attached hydrogens (tertiary/aromatic N) is 3. The zero-order valence-electron chi connectivity index (χ0n) is 11.6. The second-order valence-electron chi connectivity index (χ2n) is 4.53. The second-order valence-corrected chi connectivity index (χ2v) is 4.53. The molecule has 0 atom stereocenters. The van der Waals surface area contributed by atoms with Crippen molar-refractivity contribution >= 4 is 11.8 Å². The van der Waals surface area contributed by atoms with Gasteiger partial charge >= 0.3 is 0 Å². The van der Waals surface area contributed by atoms with E-state index in [0.717, 1.165) is 5.56 Å². The summed E-state index contributed by atoms with van der Waals surface area (Å²) in [5.41, 5.74) is 1.07. The predicted molar refractivity (Wildman–Crippen MR) is 71.2 cm³/mol. The molecule has 1 aromatic rings. The van der Waals surface area contributed by atoms with Gasteiger partial charge in [0.2, 0.25) is 11.8 Å². The topological polar surface area (TPSA) is 79.3 Å². The van der Waals surface area contributed by atoms with Crippen molar-refractivity contribution in [3.8, 4) is 0 Å². The van der Waals surface area contributed by atoms with Gasteiger partial charge < -0.3 is 10.6 Å². The van der Waals surface area contributed by atoms with E-state index in [1.165, 1.54) is 6.92 Å². The van der Waals surface area contributed by atoms with Gasteiger partial charge in [0.05, 0.1) is 12.7 Å². The molecule has 1 heterocycles. The Balaban J connectivity index is 2.18. The van der Waals surface area contributed by atoms with Crippen LogP contribution < -0.4 is 10.6 Å². The highest BCUT2D eigenvalue weighted by molar-refractivity contribution is 5.78. The molecule has 19 heavy (non-hydrogen) atoms. The predicted octanol–water partition coefficient (Wildman–Crippen LogP) is -0.896. The summed E-state index contributed by atoms with van der Waals surface area (Å²) in [6.45, 7) is 3.33. The van der Waals surface area contributed by atoms with Gasteiger partial charge in [0.15, 0.2) is 0 Å². The van der Waals surface area contributed by atoms with Gasteiger partial charge in [-0.25, -0.2) is 0 Å². The molecule has 2 N–H and O–H groups in total. The number of nitrogens with one attached hydrogen (secondary N) is 2. The Morgan fingerprint density at radius 3 is 2.63 bits per heavy atom. The summed E-state index contributed by atoms with van der Waals surface area (Å²) in [4.78, 5) is 24.1. The minimum atomic E-state index is -0.0945. The largest absolute Gasteiger partial charge is 0.355 e. The first-order chi connectivity index (χ1) is 8.97. The molecule has 0 fully saturated rings. The van der Waals surface area contributed by atoms with Crippen LogP contribution in [0.1, 0.15) is 12.5 Å². The van der Waals surface area contributed by atoms with Crippen LogP contribution in [-0.2, 0) is 23.2 Å². The summed E-state index contributed by atoms with van der Waals surface area (Å²) >= 11 is 0. The van der Waals surface area contributed by atoms with Gasteiger partial charge in [0.25, 0.3) is 0 Å². The molecule has 0 aromatic carbocycles. The zero-order chi connectivity index (χ0) is 14.3. The number of likely N-dealkylation sites (N-methyl/N-ethyl adjacent to an activating group) is 1. The molecule has 1 rings (SSSR count). The Bertz CT molecular complexity index is 430. The van der Waals surface area contributed by atoms with Gasteiger partial charge in [0.1, 0.15) is 0 Å². The maximum atomic E-state index is 11.6. The summed E-state index contributed by atoms with van der Waals surface area (Å²) in [5.74, 6) is -0.153. The van der Waals surface area contributed by atoms with Crippen molar-refractivity contribution in [2.75, 3.05) is 26.7 Å². The minimum Gasteiger partial charge on any atom is -0.355 e. The van der Waals surface area contributed by atoms with Gasteiger partial charge in [0, 0.05) is 45.4 Å². The fourth-order valence-corrected chi connectivity index (χ4v) is 1.66. The number of hydrogen-bond donors (Lipinski definition) is 2. The highest BCUT2D eigenvalue weighted by atomic mass is 16.2. The van der Waals surface area contributed by atoms with Crippen LogP contribution in [0.4, 0.5) is 0 Å². The van der Waals surface area contributed by atoms with Crippen LogP contribution in [0, 0.1) is 0 Å². The van der Waals surface area contributed by atoms with E-state index in [1.54, 1.807) is 10.9 Å². The van der Waals surface area contributed by atoms with Crippen molar-refractivity contribution in [3.05, 3.63) is 18.0 Å². The third kappa shape index (κ3) is 6.56. The van der Waals surface area contributed by atoms with Crippen molar-refractivity contribution in [3.63, 3.8) is 0 Å². The van der Waals surface area contributed by atoms with E-state index < -0.39 is 0 Å². The van der Waals surface area contributed by atoms with Crippen molar-refractivity contribution < 1.29 is 9.59 Å². The normalized spacial score (nSPS) is 10.5. The van der Waals surface area contributed by atoms with E-state index in [1.807, 2.05) is 25.2 Å². The molecule has 7 heteroatoms. The van der Waals surface area contributed by atoms with E-state index in [9.17, 15) is 9.59 Å². The van der Waals surface area contributed by atoms with Crippen molar-refractivity contribution in [1.82, 2.24) is 25.3 Å². The summed E-state index contributed by atoms with van der Waals surface area (Å²) in [6.07, 6.45) is 3.70. The van der Waals surface area contributed by atoms with Crippen LogP contribution in [-0.4, -0.2) is 53.2 Å². The van der Waals surface area contributed by atoms with Gasteiger partial charge in [-0.05, 0) is 7.05 Å². The molecule has 0 unspecified atom stereocenters. The second kappa shape index (κ2) is 7.52. The lowest BCUT2D eigenvalue weighted by Gasteiger charge is -2.15. The SMILES string of the molecule is CC(=O)NCCNC(=O)CN(C)Cc1cnn(C)c1. The molecular weight excluding hydrogens is 246 g/mol. The smallest absolute Gasteiger partial charge is 0.234 e. The minimum absolute atomic E-state index is 0.0586. The Kier molecular flexibility index (Phi) is 6.01. The van der Waals surface area contributed by atoms with Crippen LogP contribution in [0.3, 0.4) is 0 Å². The van der Waals surface area contributed by atoms with Gasteiger partial charge in [-0.1, -0.05) is 0 Å². The lowest BCUT2D eigenvalue weighted by atomic mass is 10.3. The van der Waals surface area contributed by atoms with E-state index in [2.05, 4.69) is 15.7 Å². The van der Waals surface area contributed by atoms with Gasteiger partial charge in [-0.15, -0.1) is 0 Å². The number of carbonyl (C=O) groups excluding carboxylic acids is 2. The molecule has 0 radical (unpaired) electrons. The van der Waals surface area contributed by atoms with E-state index in [-0.39, 0.29) is 11.8 Å². The number of aryl methyl sites for hydroxylation is 1. The Morgan fingerprint density at radius 1 is 1.37 bits per heavy atom. The number of amides is 2. The molecule has 1 aromatic heterocycles. The Labute approximate surface area is 113 Å². The molecule has 2 amide bonds. The maximum Gasteiger partial charge on any atom is 0.234 e. The van der Waals surface area contributed by atoms with Crippen LogP contribution >= 0.6 is 0 Å². The molecule has 7 nitrogen and oxygen atoms in total. The molecule has 0 aliphatic heterocycles. The van der Waals surface area contributed by atoms with Crippen LogP contribution in [0.15, 0.2) is 12.4 Å². The quantitative estimate of drug-likeness (QED) is 0.628. The molecule has 0 saturated heterocycles. The highest BCUT2D eigenvalue weighted by Crippen LogP contribution is 2.00. The molecule has 0 spiro atoms. The average Bonchev–Trinajstić information content (AvgIpc) is 2.69. The van der Waals surface area contributed by atoms with E-state index in [4.69, 9.17) is 0 Å². The Hall–Kier alpha value is -1.89. The average molecular weight is 267 g/mol. The summed E-state index contributed by atoms with van der Waals surface area (Å²) in [6, 6.07) is 0. The van der Waals surface area contributed by atoms with Crippen molar-refractivity contribution in [1.29, 1.82) is 0 Å². The van der Waals surface area contributed by atoms with Crippen molar-refractivity contribution in [2.45, 2.75) is 13.5 Å². The Morgan fingerprint density at radius 2 is 2.05 bits per heavy atom. The molecular formula is C12H21N5O2. The number of rotatable bonds is 7. The fraction of sp³-hybridized carbons (Fsp3) is 0.583. The summed E-state index contributed by atoms with van der Waals surface area (Å²) in [5, 5.41) is 9.44. The maximum absolute atomic E-state index is 11.6. The third-order valence-electron chi connectivity index (χ3n) is 2.45. The molecule has 106 valence electrons. The van der Waals surface area contributed by atoms with Gasteiger partial charge in [-0.2, -0.15) is 5.10 Å². The van der Waals surface area contributed by atoms with Gasteiger partial charge in [-0.3, -0.25) is 19.2 Å². The third-order valence-corrected chi connectivity index (χ3v) is 2.45. The summed E-state index contributed by atoms with van der Waals surface area (Å²) < 4.78 is 1.73. The first-order valence-corrected chi connectivity index (χ1v) is 6.14. The van der Waals surface area contributed by atoms with E-state index in [0.29, 0.717) is 26.2 Å². The molecule has 0 saturated carbocycles. The number of carbonyl (C=O) groups is 2. The number of aromatic nitrogens is 2. The fourth-order valence-electron chi connectivity index (χ4n) is 1.66. The van der Waals surface area contributed by atoms with Crippen LogP contribution in [0.25, 0.3) is 0 Å². The highest BCUT2D eigenvalue weighted by Gasteiger charge is 2.07. The first kappa shape index (κ1) is 15.2. The molecule has 0 aliphatic rings. The van der Waals surface area contributed by atoms with Crippen molar-refractivity contribution in [2.24, 2.45) is 7.05 Å². The first-order valence-electron chi connectivity index (χ1n) is 6.14.